The molecule has 0 aliphatic rings. The summed E-state index contributed by atoms with van der Waals surface area (Å²) in [6, 6.07) is 21.4. The van der Waals surface area contributed by atoms with Gasteiger partial charge >= 0.3 is 0 Å². The van der Waals surface area contributed by atoms with Gasteiger partial charge in [0, 0.05) is 0 Å². The normalized spacial score (nSPS) is 13.3. The molecule has 1 atom stereocenters. The Kier molecular flexibility index (Phi) is 4.93. The molecule has 2 aromatic rings. The highest BCUT2D eigenvalue weighted by Gasteiger charge is 2.07. The van der Waals surface area contributed by atoms with Crippen molar-refractivity contribution in [1.82, 2.24) is 5.32 Å². The Morgan fingerprint density at radius 1 is 1.00 bits per heavy atom. The molecule has 98 valence electrons. The molecule has 1 nitrogen and oxygen atoms in total. The monoisotopic (exact) mass is 251 g/mol. The third-order valence-corrected chi connectivity index (χ3v) is 3.36. The summed E-state index contributed by atoms with van der Waals surface area (Å²) in [5.74, 6) is 0. The van der Waals surface area contributed by atoms with E-state index in [1.54, 1.807) is 0 Å². The van der Waals surface area contributed by atoms with E-state index in [9.17, 15) is 0 Å². The van der Waals surface area contributed by atoms with E-state index in [-0.39, 0.29) is 6.04 Å². The zero-order valence-corrected chi connectivity index (χ0v) is 11.6. The van der Waals surface area contributed by atoms with Gasteiger partial charge in [-0.1, -0.05) is 73.7 Å². The summed E-state index contributed by atoms with van der Waals surface area (Å²) in [7, 11) is 2.01. The summed E-state index contributed by atoms with van der Waals surface area (Å²) in [6.45, 7) is 2.20. The lowest BCUT2D eigenvalue weighted by Gasteiger charge is -2.15. The molecule has 19 heavy (non-hydrogen) atoms. The second-order valence-electron chi connectivity index (χ2n) is 4.59. The largest absolute Gasteiger partial charge is 0.310 e. The molecular weight excluding hydrogens is 230 g/mol. The Balaban J connectivity index is 2.31. The predicted octanol–water partition coefficient (Wildman–Crippen LogP) is 4.44. The van der Waals surface area contributed by atoms with Crippen LogP contribution in [-0.4, -0.2) is 7.05 Å². The molecular formula is C18H21N. The van der Waals surface area contributed by atoms with Crippen LogP contribution in [0.1, 0.15) is 30.5 Å². The maximum absolute atomic E-state index is 3.38. The van der Waals surface area contributed by atoms with E-state index in [2.05, 4.69) is 79.0 Å². The third-order valence-electron chi connectivity index (χ3n) is 3.36. The minimum absolute atomic E-state index is 0.261. The molecule has 0 radical (unpaired) electrons. The number of allylic oxidation sites excluding steroid dienone is 1. The van der Waals surface area contributed by atoms with Crippen molar-refractivity contribution in [3.8, 4) is 0 Å². The maximum atomic E-state index is 3.38. The first-order valence-corrected chi connectivity index (χ1v) is 6.83. The highest BCUT2D eigenvalue weighted by molar-refractivity contribution is 5.66. The Morgan fingerprint density at radius 2 is 1.58 bits per heavy atom. The Bertz CT molecular complexity index is 514. The fraction of sp³-hybridized carbons (Fsp3) is 0.222. The number of nitrogens with one attached hydrogen (secondary N) is 1. The van der Waals surface area contributed by atoms with Crippen LogP contribution in [-0.2, 0) is 0 Å². The average Bonchev–Trinajstić information content (AvgIpc) is 2.50. The van der Waals surface area contributed by atoms with Gasteiger partial charge in [-0.3, -0.25) is 0 Å². The number of benzene rings is 2. The highest BCUT2D eigenvalue weighted by Crippen LogP contribution is 2.23. The van der Waals surface area contributed by atoms with Gasteiger partial charge in [0.15, 0.2) is 0 Å². The van der Waals surface area contributed by atoms with Crippen molar-refractivity contribution in [2.45, 2.75) is 19.4 Å². The van der Waals surface area contributed by atoms with Gasteiger partial charge in [0.2, 0.25) is 0 Å². The van der Waals surface area contributed by atoms with Crippen LogP contribution in [0.15, 0.2) is 66.7 Å². The van der Waals surface area contributed by atoms with Gasteiger partial charge in [0.05, 0.1) is 6.04 Å². The van der Waals surface area contributed by atoms with Crippen LogP contribution in [0.3, 0.4) is 0 Å². The van der Waals surface area contributed by atoms with Crippen LogP contribution >= 0.6 is 0 Å². The van der Waals surface area contributed by atoms with E-state index in [0.29, 0.717) is 0 Å². The Morgan fingerprint density at radius 3 is 2.11 bits per heavy atom. The standard InChI is InChI=1S/C18H21N/c1-3-15(16-10-6-4-7-11-16)14-18(19-2)17-12-8-5-9-13-17/h4-14,18-19H,3H2,1-2H3/b15-14+. The molecule has 0 aromatic heterocycles. The van der Waals surface area contributed by atoms with Gasteiger partial charge < -0.3 is 5.32 Å². The minimum atomic E-state index is 0.261. The molecule has 2 aromatic carbocycles. The molecule has 0 heterocycles. The zero-order valence-electron chi connectivity index (χ0n) is 11.6. The van der Waals surface area contributed by atoms with Gasteiger partial charge in [-0.15, -0.1) is 0 Å². The quantitative estimate of drug-likeness (QED) is 0.828. The lowest BCUT2D eigenvalue weighted by atomic mass is 9.98. The maximum Gasteiger partial charge on any atom is 0.0509 e. The summed E-state index contributed by atoms with van der Waals surface area (Å²) in [4.78, 5) is 0. The van der Waals surface area contributed by atoms with Gasteiger partial charge in [-0.05, 0) is 30.2 Å². The predicted molar refractivity (Wildman–Crippen MR) is 83.0 cm³/mol. The first-order valence-electron chi connectivity index (χ1n) is 6.83. The van der Waals surface area contributed by atoms with Crippen molar-refractivity contribution in [2.24, 2.45) is 0 Å². The van der Waals surface area contributed by atoms with E-state index in [0.717, 1.165) is 6.42 Å². The zero-order chi connectivity index (χ0) is 13.5. The van der Waals surface area contributed by atoms with E-state index in [1.807, 2.05) is 7.05 Å². The Labute approximate surface area is 116 Å². The Hall–Kier alpha value is -1.86. The lowest BCUT2D eigenvalue weighted by molar-refractivity contribution is 0.714. The number of likely N-dealkylation sites (N-methyl/N-ethyl adjacent to an activating group) is 1. The molecule has 1 N–H and O–H groups in total. The van der Waals surface area contributed by atoms with Crippen molar-refractivity contribution >= 4 is 5.57 Å². The topological polar surface area (TPSA) is 12.0 Å². The van der Waals surface area contributed by atoms with Crippen LogP contribution in [0.4, 0.5) is 0 Å². The van der Waals surface area contributed by atoms with E-state index in [1.165, 1.54) is 16.7 Å². The molecule has 0 saturated heterocycles. The summed E-state index contributed by atoms with van der Waals surface area (Å²) < 4.78 is 0. The molecule has 0 fully saturated rings. The second-order valence-corrected chi connectivity index (χ2v) is 4.59. The van der Waals surface area contributed by atoms with E-state index in [4.69, 9.17) is 0 Å². The summed E-state index contributed by atoms with van der Waals surface area (Å²) in [6.07, 6.45) is 3.36. The molecule has 1 unspecified atom stereocenters. The van der Waals surface area contributed by atoms with Gasteiger partial charge in [0.25, 0.3) is 0 Å². The molecule has 0 spiro atoms. The fourth-order valence-electron chi connectivity index (χ4n) is 2.28. The lowest BCUT2D eigenvalue weighted by Crippen LogP contribution is -2.14. The number of hydrogen-bond acceptors (Lipinski definition) is 1. The molecule has 0 aliphatic carbocycles. The SMILES string of the molecule is CC/C(=C\C(NC)c1ccccc1)c1ccccc1. The number of hydrogen-bond donors (Lipinski definition) is 1. The van der Waals surface area contributed by atoms with Gasteiger partial charge in [-0.2, -0.15) is 0 Å². The summed E-state index contributed by atoms with van der Waals surface area (Å²) in [5, 5.41) is 3.38. The van der Waals surface area contributed by atoms with Crippen LogP contribution in [0.2, 0.25) is 0 Å². The molecule has 0 aliphatic heterocycles. The van der Waals surface area contributed by atoms with Crippen LogP contribution in [0, 0.1) is 0 Å². The van der Waals surface area contributed by atoms with Crippen molar-refractivity contribution in [3.05, 3.63) is 77.9 Å². The van der Waals surface area contributed by atoms with Crippen LogP contribution in [0.25, 0.3) is 5.57 Å². The van der Waals surface area contributed by atoms with E-state index >= 15 is 0 Å². The average molecular weight is 251 g/mol. The molecule has 0 bridgehead atoms. The molecule has 1 heteroatoms. The van der Waals surface area contributed by atoms with Gasteiger partial charge in [-0.25, -0.2) is 0 Å². The van der Waals surface area contributed by atoms with Gasteiger partial charge in [0.1, 0.15) is 0 Å². The molecule has 2 rings (SSSR count). The van der Waals surface area contributed by atoms with Crippen LogP contribution in [0.5, 0.6) is 0 Å². The fourth-order valence-corrected chi connectivity index (χ4v) is 2.28. The number of rotatable bonds is 5. The second kappa shape index (κ2) is 6.91. The highest BCUT2D eigenvalue weighted by atomic mass is 14.9. The molecule has 0 saturated carbocycles. The van der Waals surface area contributed by atoms with Crippen molar-refractivity contribution < 1.29 is 0 Å². The summed E-state index contributed by atoms with van der Waals surface area (Å²) in [5.41, 5.74) is 3.98. The van der Waals surface area contributed by atoms with Crippen molar-refractivity contribution in [1.29, 1.82) is 0 Å². The summed E-state index contributed by atoms with van der Waals surface area (Å²) >= 11 is 0. The minimum Gasteiger partial charge on any atom is -0.310 e. The first kappa shape index (κ1) is 13.6. The molecule has 0 amide bonds. The van der Waals surface area contributed by atoms with Crippen LogP contribution < -0.4 is 5.32 Å². The van der Waals surface area contributed by atoms with Crippen molar-refractivity contribution in [2.75, 3.05) is 7.05 Å². The third kappa shape index (κ3) is 3.55. The smallest absolute Gasteiger partial charge is 0.0509 e. The first-order chi connectivity index (χ1) is 9.35. The van der Waals surface area contributed by atoms with E-state index < -0.39 is 0 Å². The van der Waals surface area contributed by atoms with Crippen molar-refractivity contribution in [3.63, 3.8) is 0 Å².